The summed E-state index contributed by atoms with van der Waals surface area (Å²) in [6, 6.07) is 9.53. The molecule has 5 heterocycles. The van der Waals surface area contributed by atoms with E-state index in [1.54, 1.807) is 11.5 Å². The van der Waals surface area contributed by atoms with E-state index in [4.69, 9.17) is 29.0 Å². The van der Waals surface area contributed by atoms with Gasteiger partial charge in [0.2, 0.25) is 5.95 Å². The Labute approximate surface area is 255 Å². The van der Waals surface area contributed by atoms with Gasteiger partial charge >= 0.3 is 13.5 Å². The van der Waals surface area contributed by atoms with Crippen LogP contribution in [0.25, 0.3) is 11.2 Å². The predicted molar refractivity (Wildman–Crippen MR) is 157 cm³/mol. The van der Waals surface area contributed by atoms with Crippen LogP contribution < -0.4 is 17.0 Å². The number of anilines is 1. The number of imidazole rings is 1. The smallest absolute Gasteiger partial charge is 0.371 e. The molecule has 0 saturated carbocycles. The minimum atomic E-state index is -4.65. The van der Waals surface area contributed by atoms with Crippen molar-refractivity contribution in [3.8, 4) is 0 Å². The molecule has 2 saturated heterocycles. The molecule has 2 aliphatic heterocycles. The lowest BCUT2D eigenvalue weighted by Gasteiger charge is -2.23. The highest BCUT2D eigenvalue weighted by molar-refractivity contribution is 7.47. The molecule has 6 rings (SSSR count). The zero-order valence-electron chi connectivity index (χ0n) is 24.5. The lowest BCUT2D eigenvalue weighted by atomic mass is 10.1. The van der Waals surface area contributed by atoms with E-state index < -0.39 is 50.4 Å². The summed E-state index contributed by atoms with van der Waals surface area (Å²) in [6.45, 7) is 3.40. The summed E-state index contributed by atoms with van der Waals surface area (Å²) in [6.07, 6.45) is -0.786. The summed E-state index contributed by atoms with van der Waals surface area (Å²) in [5.41, 5.74) is 5.87. The molecule has 1 aromatic carbocycles. The molecule has 2 aliphatic rings. The zero-order chi connectivity index (χ0) is 31.7. The van der Waals surface area contributed by atoms with Crippen molar-refractivity contribution in [3.05, 3.63) is 75.2 Å². The van der Waals surface area contributed by atoms with Crippen molar-refractivity contribution in [1.82, 2.24) is 34.1 Å². The molecule has 0 amide bonds. The largest absolute Gasteiger partial charge is 0.472 e. The quantitative estimate of drug-likeness (QED) is 0.198. The first-order valence-electron chi connectivity index (χ1n) is 14.4. The van der Waals surface area contributed by atoms with Crippen LogP contribution in [-0.2, 0) is 34.4 Å². The molecule has 2 fully saturated rings. The van der Waals surface area contributed by atoms with Crippen LogP contribution in [-0.4, -0.2) is 70.0 Å². The van der Waals surface area contributed by atoms with Gasteiger partial charge in [-0.25, -0.2) is 24.3 Å². The number of aromatic amines is 1. The number of benzene rings is 1. The molecule has 4 N–H and O–H groups in total. The number of nitrogens with zero attached hydrogens (tertiary/aromatic N) is 6. The molecule has 4 aromatic rings. The summed E-state index contributed by atoms with van der Waals surface area (Å²) in [4.78, 5) is 54.1. The van der Waals surface area contributed by atoms with E-state index in [1.807, 2.05) is 37.3 Å². The SMILES string of the molecule is CC[C@H]1O[C@@H](n2cnc(N)nc2=O)C[C@H]1OP(=O)(O)OC[C@H]1O[C@@H](n2cnc3c(=O)[nH]c(C)nc32)C[C@H]1OCc1ccccc1. The topological polar surface area (TPSA) is 221 Å². The first-order valence-corrected chi connectivity index (χ1v) is 15.9. The van der Waals surface area contributed by atoms with Gasteiger partial charge in [-0.1, -0.05) is 37.3 Å². The van der Waals surface area contributed by atoms with Gasteiger partial charge in [0.15, 0.2) is 11.2 Å². The van der Waals surface area contributed by atoms with E-state index in [9.17, 15) is 19.0 Å². The van der Waals surface area contributed by atoms with Gasteiger partial charge in [-0.2, -0.15) is 4.98 Å². The first kappa shape index (κ1) is 31.2. The maximum atomic E-state index is 13.2. The maximum absolute atomic E-state index is 13.2. The molecule has 45 heavy (non-hydrogen) atoms. The number of hydrogen-bond donors (Lipinski definition) is 3. The fraction of sp³-hybridized carbons (Fsp3) is 0.481. The average Bonchev–Trinajstić information content (AvgIpc) is 3.72. The number of nitrogens with one attached hydrogen (secondary N) is 1. The van der Waals surface area contributed by atoms with Gasteiger partial charge in [0.25, 0.3) is 5.56 Å². The molecule has 0 radical (unpaired) electrons. The lowest BCUT2D eigenvalue weighted by Crippen LogP contribution is -2.29. The van der Waals surface area contributed by atoms with Crippen molar-refractivity contribution >= 4 is 24.9 Å². The minimum Gasteiger partial charge on any atom is -0.371 e. The Morgan fingerprint density at radius 3 is 2.51 bits per heavy atom. The predicted octanol–water partition coefficient (Wildman–Crippen LogP) is 1.73. The van der Waals surface area contributed by atoms with E-state index in [2.05, 4.69) is 24.9 Å². The summed E-state index contributed by atoms with van der Waals surface area (Å²) in [5, 5.41) is 0. The molecule has 18 heteroatoms. The second-order valence-corrected chi connectivity index (χ2v) is 12.2. The Kier molecular flexibility index (Phi) is 8.92. The third kappa shape index (κ3) is 6.89. The fourth-order valence-electron chi connectivity index (χ4n) is 5.49. The van der Waals surface area contributed by atoms with Gasteiger partial charge in [0, 0.05) is 12.8 Å². The van der Waals surface area contributed by atoms with Crippen molar-refractivity contribution in [2.75, 3.05) is 12.3 Å². The molecule has 17 nitrogen and oxygen atoms in total. The lowest BCUT2D eigenvalue weighted by molar-refractivity contribution is -0.0670. The monoisotopic (exact) mass is 644 g/mol. The van der Waals surface area contributed by atoms with Gasteiger partial charge in [-0.05, 0) is 18.9 Å². The van der Waals surface area contributed by atoms with Crippen LogP contribution in [0.15, 0.2) is 52.6 Å². The Hall–Kier alpha value is -3.83. The van der Waals surface area contributed by atoms with Crippen LogP contribution >= 0.6 is 7.82 Å². The highest BCUT2D eigenvalue weighted by Crippen LogP contribution is 2.49. The van der Waals surface area contributed by atoms with Crippen LogP contribution in [0, 0.1) is 6.92 Å². The average molecular weight is 645 g/mol. The Morgan fingerprint density at radius 2 is 1.76 bits per heavy atom. The molecular formula is C27H33N8O9P. The van der Waals surface area contributed by atoms with E-state index in [-0.39, 0.29) is 36.7 Å². The van der Waals surface area contributed by atoms with Gasteiger partial charge in [0.1, 0.15) is 30.7 Å². The summed E-state index contributed by atoms with van der Waals surface area (Å²) in [7, 11) is -4.65. The number of phosphoric ester groups is 1. The van der Waals surface area contributed by atoms with Crippen molar-refractivity contribution in [2.24, 2.45) is 0 Å². The number of rotatable bonds is 11. The first-order chi connectivity index (χ1) is 21.6. The number of aromatic nitrogens is 7. The molecule has 0 bridgehead atoms. The summed E-state index contributed by atoms with van der Waals surface area (Å²) < 4.78 is 45.3. The molecular weight excluding hydrogens is 611 g/mol. The number of nitrogens with two attached hydrogens (primary N) is 1. The number of hydrogen-bond acceptors (Lipinski definition) is 13. The van der Waals surface area contributed by atoms with Crippen LogP contribution in [0.3, 0.4) is 0 Å². The highest BCUT2D eigenvalue weighted by Gasteiger charge is 2.43. The standard InChI is InChI=1S/C27H33N8O9P/c1-3-17-19(10-22(42-17)35-14-30-26(28)33-27(35)37)44-45(38,39)41-12-20-18(40-11-16-7-5-4-6-8-16)9-21(43-20)34-13-29-23-24(34)31-15(2)32-25(23)36/h4-8,13-14,17-22H,3,9-12H2,1-2H3,(H,38,39)(H2,28,33,37)(H,31,32,36)/t17-,18-,19-,20-,21-,22-/m1/s1. The third-order valence-corrected chi connectivity index (χ3v) is 8.67. The second-order valence-electron chi connectivity index (χ2n) is 10.8. The van der Waals surface area contributed by atoms with E-state index >= 15 is 0 Å². The highest BCUT2D eigenvalue weighted by atomic mass is 31.2. The maximum Gasteiger partial charge on any atom is 0.472 e. The van der Waals surface area contributed by atoms with E-state index in [1.165, 1.54) is 12.7 Å². The zero-order valence-corrected chi connectivity index (χ0v) is 25.4. The molecule has 3 aromatic heterocycles. The number of phosphoric acid groups is 1. The van der Waals surface area contributed by atoms with Crippen molar-refractivity contribution in [2.45, 2.75) is 76.6 Å². The van der Waals surface area contributed by atoms with E-state index in [0.717, 1.165) is 10.1 Å². The number of aryl methyl sites for hydroxylation is 1. The van der Waals surface area contributed by atoms with Gasteiger partial charge in [-0.15, -0.1) is 0 Å². The number of H-pyrrole nitrogens is 1. The van der Waals surface area contributed by atoms with Crippen molar-refractivity contribution in [1.29, 1.82) is 0 Å². The number of nitrogen functional groups attached to an aromatic ring is 1. The number of fused-ring (bicyclic) bond motifs is 1. The molecule has 1 unspecified atom stereocenters. The van der Waals surface area contributed by atoms with Gasteiger partial charge in [-0.3, -0.25) is 23.0 Å². The fourth-order valence-corrected chi connectivity index (χ4v) is 6.45. The number of ether oxygens (including phenoxy) is 3. The molecule has 0 spiro atoms. The van der Waals surface area contributed by atoms with Crippen LogP contribution in [0.5, 0.6) is 0 Å². The van der Waals surface area contributed by atoms with Crippen molar-refractivity contribution in [3.63, 3.8) is 0 Å². The van der Waals surface area contributed by atoms with Crippen molar-refractivity contribution < 1.29 is 32.7 Å². The molecule has 240 valence electrons. The van der Waals surface area contributed by atoms with Crippen LogP contribution in [0.2, 0.25) is 0 Å². The van der Waals surface area contributed by atoms with Crippen LogP contribution in [0.1, 0.15) is 50.0 Å². The Morgan fingerprint density at radius 1 is 1.04 bits per heavy atom. The molecule has 0 aliphatic carbocycles. The van der Waals surface area contributed by atoms with Gasteiger partial charge < -0.3 is 29.8 Å². The van der Waals surface area contributed by atoms with E-state index in [0.29, 0.717) is 24.3 Å². The summed E-state index contributed by atoms with van der Waals surface area (Å²) >= 11 is 0. The normalized spacial score (nSPS) is 26.4. The molecule has 7 atom stereocenters. The Bertz CT molecular complexity index is 1820. The Balaban J connectivity index is 1.15. The van der Waals surface area contributed by atoms with Gasteiger partial charge in [0.05, 0.1) is 37.9 Å². The third-order valence-electron chi connectivity index (χ3n) is 7.66. The van der Waals surface area contributed by atoms with Crippen LogP contribution in [0.4, 0.5) is 5.95 Å². The second kappa shape index (κ2) is 12.9. The minimum absolute atomic E-state index is 0.0731. The summed E-state index contributed by atoms with van der Waals surface area (Å²) in [5.74, 6) is 0.241.